The Kier molecular flexibility index (Phi) is 7.83. The van der Waals surface area contributed by atoms with E-state index in [2.05, 4.69) is 10.1 Å². The van der Waals surface area contributed by atoms with Gasteiger partial charge in [0, 0.05) is 6.61 Å². The molecule has 100 valence electrons. The summed E-state index contributed by atoms with van der Waals surface area (Å²) in [5, 5.41) is 11.5. The van der Waals surface area contributed by atoms with Crippen LogP contribution in [0.3, 0.4) is 0 Å². The Hall–Kier alpha value is -0.870. The van der Waals surface area contributed by atoms with Gasteiger partial charge < -0.3 is 10.1 Å². The van der Waals surface area contributed by atoms with E-state index >= 15 is 0 Å². The average Bonchev–Trinajstić information content (AvgIpc) is 2.28. The van der Waals surface area contributed by atoms with Gasteiger partial charge in [-0.1, -0.05) is 6.92 Å². The molecule has 0 radical (unpaired) electrons. The van der Waals surface area contributed by atoms with Crippen LogP contribution in [0.25, 0.3) is 0 Å². The van der Waals surface area contributed by atoms with E-state index in [9.17, 15) is 17.6 Å². The van der Waals surface area contributed by atoms with Crippen LogP contribution in [0.2, 0.25) is 0 Å². The number of ether oxygens (including phenoxy) is 1. The van der Waals surface area contributed by atoms with E-state index in [0.29, 0.717) is 6.54 Å². The van der Waals surface area contributed by atoms with Crippen molar-refractivity contribution < 1.29 is 22.3 Å². The van der Waals surface area contributed by atoms with E-state index in [1.54, 1.807) is 0 Å². The number of nitrogens with zero attached hydrogens (tertiary/aromatic N) is 1. The summed E-state index contributed by atoms with van der Waals surface area (Å²) in [6, 6.07) is 1.43. The average molecular weight is 256 g/mol. The predicted octanol–water partition coefficient (Wildman–Crippen LogP) is 2.19. The lowest BCUT2D eigenvalue weighted by atomic mass is 10.2. The normalized spacial score (nSPS) is 13.7. The van der Waals surface area contributed by atoms with Crippen molar-refractivity contribution in [2.45, 2.75) is 38.2 Å². The van der Waals surface area contributed by atoms with Crippen molar-refractivity contribution in [3.05, 3.63) is 0 Å². The first-order valence-corrected chi connectivity index (χ1v) is 5.30. The van der Waals surface area contributed by atoms with E-state index in [-0.39, 0.29) is 13.0 Å². The van der Waals surface area contributed by atoms with Crippen molar-refractivity contribution in [1.29, 1.82) is 5.26 Å². The van der Waals surface area contributed by atoms with E-state index in [1.165, 1.54) is 0 Å². The molecule has 17 heavy (non-hydrogen) atoms. The minimum atomic E-state index is -4.13. The summed E-state index contributed by atoms with van der Waals surface area (Å²) in [5.41, 5.74) is 0. The van der Waals surface area contributed by atoms with Gasteiger partial charge in [0.2, 0.25) is 0 Å². The Bertz CT molecular complexity index is 243. The molecule has 1 unspecified atom stereocenters. The molecule has 0 bridgehead atoms. The zero-order valence-corrected chi connectivity index (χ0v) is 9.56. The lowest BCUT2D eigenvalue weighted by molar-refractivity contribution is -0.166. The number of nitrogens with one attached hydrogen (secondary N) is 1. The van der Waals surface area contributed by atoms with Gasteiger partial charge >= 0.3 is 12.3 Å². The maximum Gasteiger partial charge on any atom is 0.330 e. The minimum absolute atomic E-state index is 0.156. The molecule has 0 aliphatic heterocycles. The fraction of sp³-hybridized carbons (Fsp3) is 0.900. The highest BCUT2D eigenvalue weighted by Crippen LogP contribution is 2.22. The number of rotatable bonds is 9. The van der Waals surface area contributed by atoms with Gasteiger partial charge in [0.05, 0.1) is 12.1 Å². The summed E-state index contributed by atoms with van der Waals surface area (Å²) < 4.78 is 52.7. The highest BCUT2D eigenvalue weighted by atomic mass is 19.3. The van der Waals surface area contributed by atoms with Crippen LogP contribution in [-0.4, -0.2) is 38.1 Å². The third-order valence-electron chi connectivity index (χ3n) is 1.96. The van der Waals surface area contributed by atoms with Gasteiger partial charge in [0.1, 0.15) is 6.61 Å². The van der Waals surface area contributed by atoms with Crippen molar-refractivity contribution in [1.82, 2.24) is 5.32 Å². The molecule has 0 aromatic rings. The van der Waals surface area contributed by atoms with Gasteiger partial charge in [-0.2, -0.15) is 14.0 Å². The lowest BCUT2D eigenvalue weighted by Gasteiger charge is -2.16. The molecule has 0 saturated carbocycles. The number of nitriles is 1. The molecule has 0 rings (SSSR count). The molecule has 1 atom stereocenters. The highest BCUT2D eigenvalue weighted by molar-refractivity contribution is 4.89. The summed E-state index contributed by atoms with van der Waals surface area (Å²) >= 11 is 0. The van der Waals surface area contributed by atoms with Crippen molar-refractivity contribution in [2.24, 2.45) is 0 Å². The van der Waals surface area contributed by atoms with E-state index in [4.69, 9.17) is 5.26 Å². The SMILES string of the molecule is CCCNC(C#N)CCOCC(F)(F)C(F)F. The quantitative estimate of drug-likeness (QED) is 0.508. The van der Waals surface area contributed by atoms with Crippen LogP contribution in [0.4, 0.5) is 17.6 Å². The van der Waals surface area contributed by atoms with Crippen molar-refractivity contribution in [3.8, 4) is 6.07 Å². The Morgan fingerprint density at radius 2 is 2.06 bits per heavy atom. The number of alkyl halides is 4. The lowest BCUT2D eigenvalue weighted by Crippen LogP contribution is -2.34. The Morgan fingerprint density at radius 1 is 1.41 bits per heavy atom. The maximum atomic E-state index is 12.4. The summed E-state index contributed by atoms with van der Waals surface area (Å²) in [5.74, 6) is -4.13. The highest BCUT2D eigenvalue weighted by Gasteiger charge is 2.40. The third kappa shape index (κ3) is 7.13. The van der Waals surface area contributed by atoms with Crippen LogP contribution in [-0.2, 0) is 4.74 Å². The monoisotopic (exact) mass is 256 g/mol. The second-order valence-electron chi connectivity index (χ2n) is 3.54. The second kappa shape index (κ2) is 8.25. The summed E-state index contributed by atoms with van der Waals surface area (Å²) in [4.78, 5) is 0. The van der Waals surface area contributed by atoms with Gasteiger partial charge in [-0.25, -0.2) is 8.78 Å². The first kappa shape index (κ1) is 16.1. The molecule has 0 fully saturated rings. The van der Waals surface area contributed by atoms with Crippen LogP contribution in [0.1, 0.15) is 19.8 Å². The number of hydrogen-bond acceptors (Lipinski definition) is 3. The smallest absolute Gasteiger partial charge is 0.330 e. The fourth-order valence-electron chi connectivity index (χ4n) is 1.00. The molecule has 0 spiro atoms. The summed E-state index contributed by atoms with van der Waals surface area (Å²) in [7, 11) is 0. The van der Waals surface area contributed by atoms with Crippen molar-refractivity contribution >= 4 is 0 Å². The van der Waals surface area contributed by atoms with Gasteiger partial charge in [-0.05, 0) is 19.4 Å². The van der Waals surface area contributed by atoms with Crippen LogP contribution >= 0.6 is 0 Å². The van der Waals surface area contributed by atoms with Gasteiger partial charge in [0.15, 0.2) is 0 Å². The van der Waals surface area contributed by atoms with Crippen LogP contribution < -0.4 is 5.32 Å². The van der Waals surface area contributed by atoms with Gasteiger partial charge in [-0.15, -0.1) is 0 Å². The molecule has 0 aromatic heterocycles. The fourth-order valence-corrected chi connectivity index (χ4v) is 1.00. The molecule has 0 amide bonds. The topological polar surface area (TPSA) is 45.0 Å². The molecule has 0 aliphatic carbocycles. The van der Waals surface area contributed by atoms with Crippen LogP contribution in [0.15, 0.2) is 0 Å². The molecular formula is C10H16F4N2O. The first-order valence-electron chi connectivity index (χ1n) is 5.30. The maximum absolute atomic E-state index is 12.4. The summed E-state index contributed by atoms with van der Waals surface area (Å²) in [6.07, 6.45) is -2.70. The largest absolute Gasteiger partial charge is 0.375 e. The summed E-state index contributed by atoms with van der Waals surface area (Å²) in [6.45, 7) is 1.07. The third-order valence-corrected chi connectivity index (χ3v) is 1.96. The Morgan fingerprint density at radius 3 is 2.53 bits per heavy atom. The Labute approximate surface area is 97.7 Å². The minimum Gasteiger partial charge on any atom is -0.375 e. The zero-order valence-electron chi connectivity index (χ0n) is 9.56. The zero-order chi connectivity index (χ0) is 13.3. The predicted molar refractivity (Wildman–Crippen MR) is 54.1 cm³/mol. The molecular weight excluding hydrogens is 240 g/mol. The molecule has 0 saturated heterocycles. The van der Waals surface area contributed by atoms with Crippen molar-refractivity contribution in [3.63, 3.8) is 0 Å². The molecule has 0 aliphatic rings. The molecule has 3 nitrogen and oxygen atoms in total. The molecule has 0 aromatic carbocycles. The van der Waals surface area contributed by atoms with E-state index in [1.807, 2.05) is 13.0 Å². The number of hydrogen-bond donors (Lipinski definition) is 1. The molecule has 7 heteroatoms. The first-order chi connectivity index (χ1) is 7.94. The standard InChI is InChI=1S/C10H16F4N2O/c1-2-4-16-8(6-15)3-5-17-7-10(13,14)9(11)12/h8-9,16H,2-5,7H2,1H3. The van der Waals surface area contributed by atoms with Crippen molar-refractivity contribution in [2.75, 3.05) is 19.8 Å². The van der Waals surface area contributed by atoms with E-state index in [0.717, 1.165) is 6.42 Å². The van der Waals surface area contributed by atoms with Crippen LogP contribution in [0, 0.1) is 11.3 Å². The molecule has 1 N–H and O–H groups in total. The van der Waals surface area contributed by atoms with Gasteiger partial charge in [0.25, 0.3) is 0 Å². The van der Waals surface area contributed by atoms with E-state index < -0.39 is 25.0 Å². The second-order valence-corrected chi connectivity index (χ2v) is 3.54. The van der Waals surface area contributed by atoms with Crippen LogP contribution in [0.5, 0.6) is 0 Å². The Balaban J connectivity index is 3.73. The molecule has 0 heterocycles. The number of halogens is 4. The van der Waals surface area contributed by atoms with Gasteiger partial charge in [-0.3, -0.25) is 0 Å².